The van der Waals surface area contributed by atoms with Gasteiger partial charge in [0.1, 0.15) is 0 Å². The Morgan fingerprint density at radius 2 is 1.56 bits per heavy atom. The highest BCUT2D eigenvalue weighted by Crippen LogP contribution is 2.38. The Bertz CT molecular complexity index is 552. The number of ether oxygens (including phenoxy) is 4. The summed E-state index contributed by atoms with van der Waals surface area (Å²) in [7, 11) is 4.67. The Labute approximate surface area is 150 Å². The largest absolute Gasteiger partial charge is 0.493 e. The maximum atomic E-state index is 12.1. The third-order valence-corrected chi connectivity index (χ3v) is 3.87. The van der Waals surface area contributed by atoms with Crippen molar-refractivity contribution in [2.24, 2.45) is 0 Å². The molecule has 0 radical (unpaired) electrons. The van der Waals surface area contributed by atoms with Crippen molar-refractivity contribution < 1.29 is 23.7 Å². The van der Waals surface area contributed by atoms with Crippen molar-refractivity contribution in [2.45, 2.75) is 46.0 Å². The van der Waals surface area contributed by atoms with Crippen molar-refractivity contribution >= 4 is 12.0 Å². The number of benzene rings is 1. The Hall–Kier alpha value is -2.17. The van der Waals surface area contributed by atoms with E-state index in [0.29, 0.717) is 29.4 Å². The lowest BCUT2D eigenvalue weighted by Gasteiger charge is -2.13. The summed E-state index contributed by atoms with van der Waals surface area (Å²) in [4.78, 5) is 12.1. The monoisotopic (exact) mass is 350 g/mol. The van der Waals surface area contributed by atoms with Gasteiger partial charge in [-0.3, -0.25) is 0 Å². The molecule has 0 amide bonds. The second-order valence-corrected chi connectivity index (χ2v) is 5.84. The lowest BCUT2D eigenvalue weighted by molar-refractivity contribution is -0.139. The molecule has 0 aliphatic heterocycles. The minimum Gasteiger partial charge on any atom is -0.493 e. The summed E-state index contributed by atoms with van der Waals surface area (Å²) >= 11 is 0. The minimum atomic E-state index is -0.302. The topological polar surface area (TPSA) is 54.0 Å². The molecule has 1 rings (SSSR count). The number of carbonyl (C=O) groups is 1. The molecule has 25 heavy (non-hydrogen) atoms. The quantitative estimate of drug-likeness (QED) is 0.331. The van der Waals surface area contributed by atoms with Gasteiger partial charge in [0.15, 0.2) is 11.5 Å². The summed E-state index contributed by atoms with van der Waals surface area (Å²) in [5.74, 6) is 1.31. The molecule has 5 heteroatoms. The second kappa shape index (κ2) is 11.4. The number of hydrogen-bond acceptors (Lipinski definition) is 5. The molecule has 0 spiro atoms. The lowest BCUT2D eigenvalue weighted by atomic mass is 10.1. The molecule has 0 N–H and O–H groups in total. The SMILES string of the molecule is CCCCCCCOC(=O)/C(C)=C/c1cc(OC)c(OC)c(OC)c1. The van der Waals surface area contributed by atoms with Gasteiger partial charge < -0.3 is 18.9 Å². The zero-order valence-corrected chi connectivity index (χ0v) is 16.0. The highest BCUT2D eigenvalue weighted by Gasteiger charge is 2.13. The van der Waals surface area contributed by atoms with Crippen molar-refractivity contribution in [1.29, 1.82) is 0 Å². The first-order valence-electron chi connectivity index (χ1n) is 8.72. The number of rotatable bonds is 11. The molecule has 0 atom stereocenters. The Morgan fingerprint density at radius 3 is 2.08 bits per heavy atom. The van der Waals surface area contributed by atoms with Crippen LogP contribution in [0.25, 0.3) is 6.08 Å². The molecular formula is C20H30O5. The lowest BCUT2D eigenvalue weighted by Crippen LogP contribution is -2.07. The van der Waals surface area contributed by atoms with Crippen LogP contribution in [0.5, 0.6) is 17.2 Å². The van der Waals surface area contributed by atoms with Crippen LogP contribution in [0.2, 0.25) is 0 Å². The van der Waals surface area contributed by atoms with E-state index < -0.39 is 0 Å². The van der Waals surface area contributed by atoms with E-state index in [2.05, 4.69) is 6.92 Å². The van der Waals surface area contributed by atoms with Crippen LogP contribution < -0.4 is 14.2 Å². The number of unbranched alkanes of at least 4 members (excludes halogenated alkanes) is 4. The van der Waals surface area contributed by atoms with E-state index in [-0.39, 0.29) is 5.97 Å². The molecule has 140 valence electrons. The molecule has 1 aromatic carbocycles. The smallest absolute Gasteiger partial charge is 0.333 e. The molecule has 0 fully saturated rings. The molecule has 0 saturated carbocycles. The molecule has 5 nitrogen and oxygen atoms in total. The molecule has 0 saturated heterocycles. The molecular weight excluding hydrogens is 320 g/mol. The first-order valence-corrected chi connectivity index (χ1v) is 8.72. The second-order valence-electron chi connectivity index (χ2n) is 5.84. The average molecular weight is 350 g/mol. The highest BCUT2D eigenvalue weighted by molar-refractivity contribution is 5.93. The molecule has 0 aliphatic carbocycles. The number of methoxy groups -OCH3 is 3. The van der Waals surface area contributed by atoms with Crippen LogP contribution in [0.3, 0.4) is 0 Å². The molecule has 1 aromatic rings. The van der Waals surface area contributed by atoms with Gasteiger partial charge in [0.05, 0.1) is 27.9 Å². The van der Waals surface area contributed by atoms with Crippen LogP contribution in [-0.2, 0) is 9.53 Å². The fourth-order valence-corrected chi connectivity index (χ4v) is 2.48. The van der Waals surface area contributed by atoms with Crippen LogP contribution in [0.15, 0.2) is 17.7 Å². The van der Waals surface area contributed by atoms with Crippen LogP contribution in [0.1, 0.15) is 51.5 Å². The summed E-state index contributed by atoms with van der Waals surface area (Å²) in [6.45, 7) is 4.38. The van der Waals surface area contributed by atoms with Crippen LogP contribution in [0.4, 0.5) is 0 Å². The molecule has 0 aliphatic rings. The first-order chi connectivity index (χ1) is 12.1. The van der Waals surface area contributed by atoms with Crippen molar-refractivity contribution in [1.82, 2.24) is 0 Å². The van der Waals surface area contributed by atoms with Gasteiger partial charge in [-0.05, 0) is 37.1 Å². The molecule has 0 bridgehead atoms. The fraction of sp³-hybridized carbons (Fsp3) is 0.550. The van der Waals surface area contributed by atoms with Crippen LogP contribution in [0, 0.1) is 0 Å². The summed E-state index contributed by atoms with van der Waals surface area (Å²) in [5.41, 5.74) is 1.31. The van der Waals surface area contributed by atoms with Crippen molar-refractivity contribution in [3.8, 4) is 17.2 Å². The van der Waals surface area contributed by atoms with E-state index in [1.165, 1.54) is 19.3 Å². The normalized spacial score (nSPS) is 11.2. The predicted octanol–water partition coefficient (Wildman–Crippen LogP) is 4.63. The zero-order valence-electron chi connectivity index (χ0n) is 16.0. The maximum absolute atomic E-state index is 12.1. The van der Waals surface area contributed by atoms with Crippen LogP contribution in [-0.4, -0.2) is 33.9 Å². The van der Waals surface area contributed by atoms with Crippen molar-refractivity contribution in [3.63, 3.8) is 0 Å². The fourth-order valence-electron chi connectivity index (χ4n) is 2.48. The average Bonchev–Trinajstić information content (AvgIpc) is 2.63. The van der Waals surface area contributed by atoms with E-state index in [0.717, 1.165) is 18.4 Å². The predicted molar refractivity (Wildman–Crippen MR) is 99.5 cm³/mol. The number of carbonyl (C=O) groups excluding carboxylic acids is 1. The Balaban J connectivity index is 2.72. The minimum absolute atomic E-state index is 0.302. The summed E-state index contributed by atoms with van der Waals surface area (Å²) in [6, 6.07) is 3.59. The molecule has 0 aromatic heterocycles. The highest BCUT2D eigenvalue weighted by atomic mass is 16.5. The summed E-state index contributed by atoms with van der Waals surface area (Å²) in [6.07, 6.45) is 7.38. The first kappa shape index (κ1) is 20.9. The number of esters is 1. The van der Waals surface area contributed by atoms with E-state index >= 15 is 0 Å². The van der Waals surface area contributed by atoms with Gasteiger partial charge in [0, 0.05) is 5.57 Å². The van der Waals surface area contributed by atoms with Crippen LogP contribution >= 0.6 is 0 Å². The van der Waals surface area contributed by atoms with Gasteiger partial charge in [0.25, 0.3) is 0 Å². The van der Waals surface area contributed by atoms with Gasteiger partial charge in [-0.1, -0.05) is 32.6 Å². The van der Waals surface area contributed by atoms with E-state index in [4.69, 9.17) is 18.9 Å². The van der Waals surface area contributed by atoms with E-state index in [9.17, 15) is 4.79 Å². The maximum Gasteiger partial charge on any atom is 0.333 e. The molecule has 0 unspecified atom stereocenters. The van der Waals surface area contributed by atoms with Gasteiger partial charge in [-0.2, -0.15) is 0 Å². The number of hydrogen-bond donors (Lipinski definition) is 0. The van der Waals surface area contributed by atoms with Crippen molar-refractivity contribution in [3.05, 3.63) is 23.3 Å². The standard InChI is InChI=1S/C20H30O5/c1-6-7-8-9-10-11-25-20(21)15(2)12-16-13-17(22-3)19(24-5)18(14-16)23-4/h12-14H,6-11H2,1-5H3/b15-12+. The Kier molecular flexibility index (Phi) is 9.51. The molecule has 0 heterocycles. The third kappa shape index (κ3) is 6.69. The van der Waals surface area contributed by atoms with Gasteiger partial charge in [0.2, 0.25) is 5.75 Å². The van der Waals surface area contributed by atoms with Gasteiger partial charge >= 0.3 is 5.97 Å². The third-order valence-electron chi connectivity index (χ3n) is 3.87. The Morgan fingerprint density at radius 1 is 0.960 bits per heavy atom. The summed E-state index contributed by atoms with van der Waals surface area (Å²) in [5, 5.41) is 0. The zero-order chi connectivity index (χ0) is 18.7. The van der Waals surface area contributed by atoms with Gasteiger partial charge in [-0.15, -0.1) is 0 Å². The van der Waals surface area contributed by atoms with Crippen molar-refractivity contribution in [2.75, 3.05) is 27.9 Å². The van der Waals surface area contributed by atoms with E-state index in [1.807, 2.05) is 0 Å². The summed E-state index contributed by atoms with van der Waals surface area (Å²) < 4.78 is 21.3. The van der Waals surface area contributed by atoms with E-state index in [1.54, 1.807) is 46.5 Å². The van der Waals surface area contributed by atoms with Gasteiger partial charge in [-0.25, -0.2) is 4.79 Å².